The number of aliphatic carboxylic acids is 1. The molecule has 1 aromatic carbocycles. The molecule has 0 saturated carbocycles. The molecule has 0 saturated heterocycles. The predicted molar refractivity (Wildman–Crippen MR) is 80.8 cm³/mol. The van der Waals surface area contributed by atoms with Crippen LogP contribution >= 0.6 is 0 Å². The van der Waals surface area contributed by atoms with E-state index in [1.54, 1.807) is 19.1 Å². The topological polar surface area (TPSA) is 86.7 Å². The molecule has 2 N–H and O–H groups in total. The molecular formula is C16H16N2O4. The normalized spacial score (nSPS) is 22.2. The average Bonchev–Trinajstić information content (AvgIpc) is 2.51. The summed E-state index contributed by atoms with van der Waals surface area (Å²) in [5, 5.41) is 12.1. The van der Waals surface area contributed by atoms with E-state index in [1.165, 1.54) is 0 Å². The number of rotatable bonds is 3. The Bertz CT molecular complexity index is 710. The summed E-state index contributed by atoms with van der Waals surface area (Å²) in [5.41, 5.74) is 0.0478. The van der Waals surface area contributed by atoms with Gasteiger partial charge in [0.1, 0.15) is 0 Å². The Morgan fingerprint density at radius 2 is 2.18 bits per heavy atom. The van der Waals surface area contributed by atoms with Crippen LogP contribution in [-0.2, 0) is 9.59 Å². The number of amides is 1. The Labute approximate surface area is 127 Å². The molecule has 2 heterocycles. The molecule has 1 unspecified atom stereocenters. The van der Waals surface area contributed by atoms with Crippen LogP contribution < -0.4 is 10.2 Å². The maximum Gasteiger partial charge on any atom is 0.339 e. The fourth-order valence-electron chi connectivity index (χ4n) is 3.00. The van der Waals surface area contributed by atoms with Gasteiger partial charge in [-0.25, -0.2) is 4.79 Å². The minimum Gasteiger partial charge on any atom is -0.479 e. The Morgan fingerprint density at radius 3 is 2.86 bits per heavy atom. The van der Waals surface area contributed by atoms with Gasteiger partial charge in [-0.05, 0) is 11.6 Å². The number of nitrogens with one attached hydrogen (secondary N) is 1. The molecule has 0 fully saturated rings. The van der Waals surface area contributed by atoms with Crippen LogP contribution in [0.3, 0.4) is 0 Å². The Morgan fingerprint density at radius 1 is 1.41 bits per heavy atom. The van der Waals surface area contributed by atoms with Gasteiger partial charge < -0.3 is 15.3 Å². The number of nitrogens with zero attached hydrogens (tertiary/aromatic N) is 1. The van der Waals surface area contributed by atoms with Crippen molar-refractivity contribution in [2.75, 3.05) is 18.0 Å². The zero-order valence-electron chi connectivity index (χ0n) is 12.1. The summed E-state index contributed by atoms with van der Waals surface area (Å²) in [7, 11) is 0. The molecule has 22 heavy (non-hydrogen) atoms. The van der Waals surface area contributed by atoms with Crippen molar-refractivity contribution in [1.82, 2.24) is 5.32 Å². The number of benzene rings is 1. The van der Waals surface area contributed by atoms with Gasteiger partial charge in [0.25, 0.3) is 0 Å². The third-order valence-corrected chi connectivity index (χ3v) is 4.11. The largest absolute Gasteiger partial charge is 0.479 e. The number of hydrogen-bond donors (Lipinski definition) is 2. The lowest BCUT2D eigenvalue weighted by molar-refractivity contribution is -0.145. The molecule has 0 spiro atoms. The highest BCUT2D eigenvalue weighted by molar-refractivity contribution is 6.22. The lowest BCUT2D eigenvalue weighted by Crippen LogP contribution is -2.68. The molecule has 6 heteroatoms. The molecule has 0 radical (unpaired) electrons. The standard InChI is InChI=1S/C16H16N2O4/c1-2-12(19)17-16(15(21)22)9-18-8-4-6-10-5-3-7-11(13(10)18)14(16)20/h3-7H,2,8-9H2,1H3,(H,17,19)(H,21,22). The first-order chi connectivity index (χ1) is 10.5. The van der Waals surface area contributed by atoms with Gasteiger partial charge in [-0.15, -0.1) is 0 Å². The number of ketones is 1. The van der Waals surface area contributed by atoms with Crippen LogP contribution in [0.15, 0.2) is 24.3 Å². The monoisotopic (exact) mass is 300 g/mol. The van der Waals surface area contributed by atoms with Crippen LogP contribution in [0.5, 0.6) is 0 Å². The van der Waals surface area contributed by atoms with Crippen LogP contribution in [0.25, 0.3) is 6.08 Å². The van der Waals surface area contributed by atoms with E-state index in [2.05, 4.69) is 5.32 Å². The van der Waals surface area contributed by atoms with E-state index in [0.29, 0.717) is 12.1 Å². The van der Waals surface area contributed by atoms with E-state index in [9.17, 15) is 19.5 Å². The van der Waals surface area contributed by atoms with Crippen molar-refractivity contribution in [1.29, 1.82) is 0 Å². The van der Waals surface area contributed by atoms with Gasteiger partial charge in [0.15, 0.2) is 0 Å². The first-order valence-corrected chi connectivity index (χ1v) is 7.13. The average molecular weight is 300 g/mol. The number of carbonyl (C=O) groups excluding carboxylic acids is 2. The first-order valence-electron chi connectivity index (χ1n) is 7.13. The SMILES string of the molecule is CCC(=O)NC1(C(=O)O)CN2CC=Cc3cccc(c32)C1=O. The van der Waals surface area contributed by atoms with E-state index in [-0.39, 0.29) is 13.0 Å². The quantitative estimate of drug-likeness (QED) is 0.815. The van der Waals surface area contributed by atoms with E-state index < -0.39 is 23.2 Å². The van der Waals surface area contributed by atoms with Gasteiger partial charge in [0, 0.05) is 18.5 Å². The first kappa shape index (κ1) is 14.3. The van der Waals surface area contributed by atoms with Crippen molar-refractivity contribution in [3.63, 3.8) is 0 Å². The molecular weight excluding hydrogens is 284 g/mol. The Hall–Kier alpha value is -2.63. The van der Waals surface area contributed by atoms with Crippen LogP contribution in [-0.4, -0.2) is 41.4 Å². The van der Waals surface area contributed by atoms with Crippen molar-refractivity contribution in [3.05, 3.63) is 35.4 Å². The van der Waals surface area contributed by atoms with Crippen LogP contribution in [0.4, 0.5) is 5.69 Å². The summed E-state index contributed by atoms with van der Waals surface area (Å²) in [6, 6.07) is 5.22. The minimum absolute atomic E-state index is 0.0682. The highest BCUT2D eigenvalue weighted by atomic mass is 16.4. The molecule has 0 aliphatic carbocycles. The maximum atomic E-state index is 12.8. The molecule has 2 aliphatic heterocycles. The lowest BCUT2D eigenvalue weighted by atomic mass is 9.81. The highest BCUT2D eigenvalue weighted by Crippen LogP contribution is 2.37. The summed E-state index contributed by atoms with van der Waals surface area (Å²) >= 11 is 0. The van der Waals surface area contributed by atoms with Gasteiger partial charge in [0.2, 0.25) is 17.2 Å². The van der Waals surface area contributed by atoms with Crippen LogP contribution in [0.1, 0.15) is 29.3 Å². The zero-order valence-corrected chi connectivity index (χ0v) is 12.1. The number of para-hydroxylation sites is 1. The second kappa shape index (κ2) is 4.98. The number of carbonyl (C=O) groups is 3. The van der Waals surface area contributed by atoms with Crippen molar-refractivity contribution in [2.45, 2.75) is 18.9 Å². The second-order valence-electron chi connectivity index (χ2n) is 5.47. The fourth-order valence-corrected chi connectivity index (χ4v) is 3.00. The van der Waals surface area contributed by atoms with Gasteiger partial charge in [-0.2, -0.15) is 0 Å². The smallest absolute Gasteiger partial charge is 0.339 e. The summed E-state index contributed by atoms with van der Waals surface area (Å²) in [4.78, 5) is 38.2. The molecule has 6 nitrogen and oxygen atoms in total. The van der Waals surface area contributed by atoms with E-state index in [4.69, 9.17) is 0 Å². The number of carboxylic acid groups (broad SMARTS) is 1. The lowest BCUT2D eigenvalue weighted by Gasteiger charge is -2.42. The van der Waals surface area contributed by atoms with E-state index >= 15 is 0 Å². The molecule has 114 valence electrons. The Kier molecular flexibility index (Phi) is 3.24. The number of carboxylic acids is 1. The predicted octanol–water partition coefficient (Wildman–Crippen LogP) is 1.07. The van der Waals surface area contributed by atoms with Crippen molar-refractivity contribution in [2.24, 2.45) is 0 Å². The highest BCUT2D eigenvalue weighted by Gasteiger charge is 2.53. The van der Waals surface area contributed by atoms with E-state index in [0.717, 1.165) is 11.3 Å². The number of anilines is 1. The van der Waals surface area contributed by atoms with E-state index in [1.807, 2.05) is 23.1 Å². The molecule has 0 bridgehead atoms. The summed E-state index contributed by atoms with van der Waals surface area (Å²) in [6.45, 7) is 2.06. The molecule has 2 aliphatic rings. The number of Topliss-reactive ketones (excluding diaryl/α,β-unsaturated/α-hetero) is 1. The summed E-state index contributed by atoms with van der Waals surface area (Å²) in [5.74, 6) is -2.35. The summed E-state index contributed by atoms with van der Waals surface area (Å²) in [6.07, 6.45) is 3.95. The van der Waals surface area contributed by atoms with Gasteiger partial charge >= 0.3 is 5.97 Å². The van der Waals surface area contributed by atoms with Crippen LogP contribution in [0.2, 0.25) is 0 Å². The third kappa shape index (κ3) is 1.91. The fraction of sp³-hybridized carbons (Fsp3) is 0.312. The third-order valence-electron chi connectivity index (χ3n) is 4.11. The van der Waals surface area contributed by atoms with Crippen LogP contribution in [0, 0.1) is 0 Å². The second-order valence-corrected chi connectivity index (χ2v) is 5.47. The Balaban J connectivity index is 2.15. The van der Waals surface area contributed by atoms with Gasteiger partial charge in [0.05, 0.1) is 12.2 Å². The van der Waals surface area contributed by atoms with Crippen molar-refractivity contribution >= 4 is 29.4 Å². The zero-order chi connectivity index (χ0) is 15.9. The molecule has 3 rings (SSSR count). The minimum atomic E-state index is -1.93. The molecule has 0 aromatic heterocycles. The molecule has 1 amide bonds. The number of hydrogen-bond acceptors (Lipinski definition) is 4. The van der Waals surface area contributed by atoms with Gasteiger partial charge in [-0.3, -0.25) is 9.59 Å². The summed E-state index contributed by atoms with van der Waals surface area (Å²) < 4.78 is 0. The van der Waals surface area contributed by atoms with Gasteiger partial charge in [-0.1, -0.05) is 31.2 Å². The van der Waals surface area contributed by atoms with Crippen molar-refractivity contribution < 1.29 is 19.5 Å². The van der Waals surface area contributed by atoms with Crippen molar-refractivity contribution in [3.8, 4) is 0 Å². The maximum absolute atomic E-state index is 12.8. The molecule has 1 atom stereocenters. The molecule has 1 aromatic rings.